The molecule has 2 aliphatic rings. The van der Waals surface area contributed by atoms with Gasteiger partial charge in [0.1, 0.15) is 17.8 Å². The van der Waals surface area contributed by atoms with Crippen LogP contribution in [0.2, 0.25) is 0 Å². The second-order valence-electron chi connectivity index (χ2n) is 5.54. The Kier molecular flexibility index (Phi) is 3.91. The minimum Gasteiger partial charge on any atom is -0.376 e. The van der Waals surface area contributed by atoms with Crippen molar-refractivity contribution >= 4 is 5.91 Å². The monoisotopic (exact) mass is 296 g/mol. The number of benzene rings is 1. The first kappa shape index (κ1) is 14.4. The minimum absolute atomic E-state index is 0.0279. The van der Waals surface area contributed by atoms with E-state index in [9.17, 15) is 13.6 Å². The summed E-state index contributed by atoms with van der Waals surface area (Å²) in [6.07, 6.45) is 1.26. The quantitative estimate of drug-likeness (QED) is 0.927. The highest BCUT2D eigenvalue weighted by atomic mass is 19.1. The van der Waals surface area contributed by atoms with Crippen molar-refractivity contribution in [1.82, 2.24) is 10.2 Å². The number of hydrogen-bond acceptors (Lipinski definition) is 3. The standard InChI is InChI=1S/C15H18F2N2O2/c1-9(13-3-2-6-21-13)19-14(20)8-18-15(19)11-5-4-10(16)7-12(11)17/h4-5,7,9,13,15,18H,2-3,6,8H2,1H3. The molecule has 1 N–H and O–H groups in total. The van der Waals surface area contributed by atoms with Crippen LogP contribution in [0.3, 0.4) is 0 Å². The Labute approximate surface area is 122 Å². The zero-order valence-corrected chi connectivity index (χ0v) is 11.8. The van der Waals surface area contributed by atoms with Crippen LogP contribution in [0.5, 0.6) is 0 Å². The summed E-state index contributed by atoms with van der Waals surface area (Å²) < 4.78 is 32.7. The van der Waals surface area contributed by atoms with E-state index in [0.717, 1.165) is 18.9 Å². The van der Waals surface area contributed by atoms with Crippen molar-refractivity contribution in [3.05, 3.63) is 35.4 Å². The predicted molar refractivity (Wildman–Crippen MR) is 72.4 cm³/mol. The molecule has 0 saturated carbocycles. The van der Waals surface area contributed by atoms with Gasteiger partial charge < -0.3 is 9.64 Å². The van der Waals surface area contributed by atoms with E-state index in [2.05, 4.69) is 5.32 Å². The Morgan fingerprint density at radius 3 is 2.90 bits per heavy atom. The molecule has 2 heterocycles. The summed E-state index contributed by atoms with van der Waals surface area (Å²) in [6.45, 7) is 2.76. The number of nitrogens with one attached hydrogen (secondary N) is 1. The van der Waals surface area contributed by atoms with Crippen LogP contribution in [-0.2, 0) is 9.53 Å². The first-order valence-corrected chi connectivity index (χ1v) is 7.19. The maximum atomic E-state index is 14.0. The Bertz CT molecular complexity index is 546. The van der Waals surface area contributed by atoms with Gasteiger partial charge in [0.25, 0.3) is 0 Å². The van der Waals surface area contributed by atoms with Crippen LogP contribution in [0, 0.1) is 11.6 Å². The molecule has 0 spiro atoms. The molecule has 4 nitrogen and oxygen atoms in total. The number of amides is 1. The van der Waals surface area contributed by atoms with Crippen molar-refractivity contribution in [3.8, 4) is 0 Å². The maximum absolute atomic E-state index is 14.0. The van der Waals surface area contributed by atoms with Crippen LogP contribution < -0.4 is 5.32 Å². The maximum Gasteiger partial charge on any atom is 0.238 e. The lowest BCUT2D eigenvalue weighted by Gasteiger charge is -2.33. The number of ether oxygens (including phenoxy) is 1. The minimum atomic E-state index is -0.647. The van der Waals surface area contributed by atoms with Gasteiger partial charge in [-0.15, -0.1) is 0 Å². The fourth-order valence-electron chi connectivity index (χ4n) is 3.13. The van der Waals surface area contributed by atoms with E-state index in [1.807, 2.05) is 6.92 Å². The second kappa shape index (κ2) is 5.69. The summed E-state index contributed by atoms with van der Waals surface area (Å²) >= 11 is 0. The summed E-state index contributed by atoms with van der Waals surface area (Å²) in [5.41, 5.74) is 0.284. The second-order valence-corrected chi connectivity index (χ2v) is 5.54. The Hall–Kier alpha value is -1.53. The van der Waals surface area contributed by atoms with Gasteiger partial charge in [-0.05, 0) is 31.9 Å². The van der Waals surface area contributed by atoms with Gasteiger partial charge in [0, 0.05) is 18.2 Å². The summed E-state index contributed by atoms with van der Waals surface area (Å²) in [4.78, 5) is 13.8. The molecule has 114 valence electrons. The molecule has 2 aliphatic heterocycles. The van der Waals surface area contributed by atoms with Crippen LogP contribution in [0.25, 0.3) is 0 Å². The van der Waals surface area contributed by atoms with E-state index in [1.165, 1.54) is 12.1 Å². The normalized spacial score (nSPS) is 27.4. The predicted octanol–water partition coefficient (Wildman–Crippen LogP) is 1.96. The number of nitrogens with zero attached hydrogens (tertiary/aromatic N) is 1. The largest absolute Gasteiger partial charge is 0.376 e. The molecule has 1 aromatic carbocycles. The van der Waals surface area contributed by atoms with Gasteiger partial charge in [-0.2, -0.15) is 0 Å². The molecule has 0 aliphatic carbocycles. The van der Waals surface area contributed by atoms with E-state index < -0.39 is 17.8 Å². The molecule has 3 unspecified atom stereocenters. The molecule has 2 fully saturated rings. The van der Waals surface area contributed by atoms with E-state index in [-0.39, 0.29) is 30.2 Å². The smallest absolute Gasteiger partial charge is 0.238 e. The molecule has 1 amide bonds. The first-order valence-electron chi connectivity index (χ1n) is 7.19. The van der Waals surface area contributed by atoms with Gasteiger partial charge in [-0.1, -0.05) is 0 Å². The molecule has 0 radical (unpaired) electrons. The van der Waals surface area contributed by atoms with Crippen molar-refractivity contribution in [3.63, 3.8) is 0 Å². The fraction of sp³-hybridized carbons (Fsp3) is 0.533. The van der Waals surface area contributed by atoms with Crippen molar-refractivity contribution in [2.45, 2.75) is 38.1 Å². The molecule has 0 aromatic heterocycles. The third kappa shape index (κ3) is 2.65. The molecule has 3 rings (SSSR count). The highest BCUT2D eigenvalue weighted by molar-refractivity contribution is 5.81. The molecule has 0 bridgehead atoms. The van der Waals surface area contributed by atoms with E-state index >= 15 is 0 Å². The van der Waals surface area contributed by atoms with E-state index in [1.54, 1.807) is 4.90 Å². The number of rotatable bonds is 3. The summed E-state index contributed by atoms with van der Waals surface area (Å²) in [5, 5.41) is 3.00. The van der Waals surface area contributed by atoms with Gasteiger partial charge >= 0.3 is 0 Å². The lowest BCUT2D eigenvalue weighted by Crippen LogP contribution is -2.44. The van der Waals surface area contributed by atoms with Gasteiger partial charge in [-0.25, -0.2) is 8.78 Å². The molecular formula is C15H18F2N2O2. The molecule has 6 heteroatoms. The third-order valence-corrected chi connectivity index (χ3v) is 4.21. The Morgan fingerprint density at radius 1 is 1.43 bits per heavy atom. The number of hydrogen-bond donors (Lipinski definition) is 1. The number of carbonyl (C=O) groups excluding carboxylic acids is 1. The molecule has 1 aromatic rings. The van der Waals surface area contributed by atoms with Crippen molar-refractivity contribution < 1.29 is 18.3 Å². The molecule has 2 saturated heterocycles. The number of carbonyl (C=O) groups is 1. The lowest BCUT2D eigenvalue weighted by molar-refractivity contribution is -0.132. The molecule has 3 atom stereocenters. The van der Waals surface area contributed by atoms with Crippen molar-refractivity contribution in [1.29, 1.82) is 0 Å². The van der Waals surface area contributed by atoms with E-state index in [4.69, 9.17) is 4.74 Å². The SMILES string of the molecule is CC(C1CCCO1)N1C(=O)CNC1c1ccc(F)cc1F. The highest BCUT2D eigenvalue weighted by Crippen LogP contribution is 2.30. The van der Waals surface area contributed by atoms with Crippen molar-refractivity contribution in [2.24, 2.45) is 0 Å². The Morgan fingerprint density at radius 2 is 2.24 bits per heavy atom. The first-order chi connectivity index (χ1) is 10.1. The summed E-state index contributed by atoms with van der Waals surface area (Å²) in [6, 6.07) is 3.28. The highest BCUT2D eigenvalue weighted by Gasteiger charge is 2.40. The third-order valence-electron chi connectivity index (χ3n) is 4.21. The van der Waals surface area contributed by atoms with Crippen molar-refractivity contribution in [2.75, 3.05) is 13.2 Å². The van der Waals surface area contributed by atoms with Crippen LogP contribution >= 0.6 is 0 Å². The molecule has 21 heavy (non-hydrogen) atoms. The van der Waals surface area contributed by atoms with E-state index in [0.29, 0.717) is 6.61 Å². The van der Waals surface area contributed by atoms with Gasteiger partial charge in [-0.3, -0.25) is 10.1 Å². The summed E-state index contributed by atoms with van der Waals surface area (Å²) in [7, 11) is 0. The zero-order valence-electron chi connectivity index (χ0n) is 11.8. The van der Waals surface area contributed by atoms with Gasteiger partial charge in [0.2, 0.25) is 5.91 Å². The number of halogens is 2. The topological polar surface area (TPSA) is 41.6 Å². The van der Waals surface area contributed by atoms with Gasteiger partial charge in [0.15, 0.2) is 0 Å². The van der Waals surface area contributed by atoms with Crippen LogP contribution in [0.15, 0.2) is 18.2 Å². The average molecular weight is 296 g/mol. The van der Waals surface area contributed by atoms with Gasteiger partial charge in [0.05, 0.1) is 18.7 Å². The van der Waals surface area contributed by atoms with Crippen LogP contribution in [-0.4, -0.2) is 36.1 Å². The lowest BCUT2D eigenvalue weighted by atomic mass is 10.1. The van der Waals surface area contributed by atoms with Crippen LogP contribution in [0.4, 0.5) is 8.78 Å². The van der Waals surface area contributed by atoms with Crippen LogP contribution in [0.1, 0.15) is 31.5 Å². The zero-order chi connectivity index (χ0) is 15.0. The average Bonchev–Trinajstić information content (AvgIpc) is 3.08. The Balaban J connectivity index is 1.88. The summed E-state index contributed by atoms with van der Waals surface area (Å²) in [5.74, 6) is -1.36. The molecular weight excluding hydrogens is 278 g/mol. The fourth-order valence-corrected chi connectivity index (χ4v) is 3.13.